The average Bonchev–Trinajstić information content (AvgIpc) is 2.96. The number of carbonyl (C=O) groups is 3. The number of nitrogens with one attached hydrogen (secondary N) is 4. The van der Waals surface area contributed by atoms with Gasteiger partial charge in [-0.2, -0.15) is 0 Å². The quantitative estimate of drug-likeness (QED) is 0.185. The van der Waals surface area contributed by atoms with Crippen LogP contribution in [0.3, 0.4) is 0 Å². The van der Waals surface area contributed by atoms with Crippen LogP contribution in [0.5, 0.6) is 0 Å². The summed E-state index contributed by atoms with van der Waals surface area (Å²) in [6.45, 7) is 6.35. The van der Waals surface area contributed by atoms with E-state index in [9.17, 15) is 14.4 Å². The second-order valence-electron chi connectivity index (χ2n) is 10.2. The van der Waals surface area contributed by atoms with Crippen molar-refractivity contribution in [3.8, 4) is 11.1 Å². The topological polar surface area (TPSA) is 99.3 Å². The maximum absolute atomic E-state index is 12.6. The standard InChI is InChI=1S/C32H30N4O3S/c1-32(2,3)26-17-13-24(14-18-26)28(37)33-27-19-15-25(16-20-27)30(39)35-36-31(40)34-29(38)23-11-9-22(10-12-23)21-7-5-4-6-8-21/h4-20H,1-3H3,(H,33,37)(H,35,39)(H2,34,36,38,40). The zero-order valence-electron chi connectivity index (χ0n) is 22.4. The molecule has 202 valence electrons. The van der Waals surface area contributed by atoms with Crippen LogP contribution in [-0.4, -0.2) is 22.8 Å². The first-order valence-corrected chi connectivity index (χ1v) is 13.1. The molecule has 8 heteroatoms. The summed E-state index contributed by atoms with van der Waals surface area (Å²) in [7, 11) is 0. The lowest BCUT2D eigenvalue weighted by Crippen LogP contribution is -2.48. The van der Waals surface area contributed by atoms with Gasteiger partial charge in [-0.3, -0.25) is 30.6 Å². The lowest BCUT2D eigenvalue weighted by molar-refractivity contribution is 0.0934. The van der Waals surface area contributed by atoms with Gasteiger partial charge in [0.05, 0.1) is 0 Å². The third-order valence-electron chi connectivity index (χ3n) is 6.19. The third kappa shape index (κ3) is 7.39. The molecule has 0 saturated carbocycles. The highest BCUT2D eigenvalue weighted by Crippen LogP contribution is 2.23. The summed E-state index contributed by atoms with van der Waals surface area (Å²) in [4.78, 5) is 37.6. The molecule has 4 rings (SSSR count). The van der Waals surface area contributed by atoms with Crippen LogP contribution in [-0.2, 0) is 5.41 Å². The molecular formula is C32H30N4O3S. The van der Waals surface area contributed by atoms with Gasteiger partial charge in [0.2, 0.25) is 0 Å². The third-order valence-corrected chi connectivity index (χ3v) is 6.39. The summed E-state index contributed by atoms with van der Waals surface area (Å²) in [6.07, 6.45) is 0. The molecule has 40 heavy (non-hydrogen) atoms. The summed E-state index contributed by atoms with van der Waals surface area (Å²) >= 11 is 5.14. The molecule has 0 fully saturated rings. The Morgan fingerprint density at radius 1 is 0.575 bits per heavy atom. The van der Waals surface area contributed by atoms with E-state index >= 15 is 0 Å². The van der Waals surface area contributed by atoms with E-state index < -0.39 is 11.8 Å². The molecule has 0 radical (unpaired) electrons. The van der Waals surface area contributed by atoms with Crippen LogP contribution in [0.2, 0.25) is 0 Å². The summed E-state index contributed by atoms with van der Waals surface area (Å²) < 4.78 is 0. The monoisotopic (exact) mass is 550 g/mol. The van der Waals surface area contributed by atoms with Gasteiger partial charge >= 0.3 is 0 Å². The summed E-state index contributed by atoms with van der Waals surface area (Å²) in [5, 5.41) is 5.32. The first-order valence-electron chi connectivity index (χ1n) is 12.7. The number of hydrogen-bond acceptors (Lipinski definition) is 4. The van der Waals surface area contributed by atoms with Gasteiger partial charge in [-0.1, -0.05) is 75.4 Å². The molecule has 4 aromatic carbocycles. The van der Waals surface area contributed by atoms with Crippen molar-refractivity contribution in [3.05, 3.63) is 125 Å². The molecule has 0 heterocycles. The smallest absolute Gasteiger partial charge is 0.269 e. The predicted molar refractivity (Wildman–Crippen MR) is 162 cm³/mol. The lowest BCUT2D eigenvalue weighted by atomic mass is 9.87. The van der Waals surface area contributed by atoms with Crippen molar-refractivity contribution in [1.82, 2.24) is 16.2 Å². The Hall–Kier alpha value is -4.82. The van der Waals surface area contributed by atoms with Crippen molar-refractivity contribution < 1.29 is 14.4 Å². The fourth-order valence-corrected chi connectivity index (χ4v) is 4.01. The van der Waals surface area contributed by atoms with Crippen LogP contribution in [0.1, 0.15) is 57.4 Å². The second-order valence-corrected chi connectivity index (χ2v) is 10.6. The number of rotatable bonds is 5. The molecule has 0 bridgehead atoms. The molecule has 0 aliphatic heterocycles. The van der Waals surface area contributed by atoms with E-state index in [2.05, 4.69) is 42.3 Å². The minimum absolute atomic E-state index is 0.00466. The maximum atomic E-state index is 12.6. The van der Waals surface area contributed by atoms with Gasteiger partial charge in [-0.05, 0) is 82.9 Å². The number of thiocarbonyl (C=S) groups is 1. The molecule has 0 unspecified atom stereocenters. The van der Waals surface area contributed by atoms with Gasteiger partial charge in [0.1, 0.15) is 0 Å². The Morgan fingerprint density at radius 3 is 1.68 bits per heavy atom. The zero-order valence-corrected chi connectivity index (χ0v) is 23.3. The minimum Gasteiger partial charge on any atom is -0.322 e. The van der Waals surface area contributed by atoms with Gasteiger partial charge in [0.25, 0.3) is 17.7 Å². The van der Waals surface area contributed by atoms with Crippen molar-refractivity contribution in [3.63, 3.8) is 0 Å². The van der Waals surface area contributed by atoms with Crippen molar-refractivity contribution in [1.29, 1.82) is 0 Å². The van der Waals surface area contributed by atoms with E-state index in [0.717, 1.165) is 16.7 Å². The molecule has 7 nitrogen and oxygen atoms in total. The van der Waals surface area contributed by atoms with Crippen LogP contribution in [0.15, 0.2) is 103 Å². The van der Waals surface area contributed by atoms with Crippen LogP contribution >= 0.6 is 12.2 Å². The molecule has 0 spiro atoms. The van der Waals surface area contributed by atoms with E-state index in [0.29, 0.717) is 22.4 Å². The van der Waals surface area contributed by atoms with E-state index in [1.54, 1.807) is 48.5 Å². The van der Waals surface area contributed by atoms with Crippen molar-refractivity contribution >= 4 is 40.7 Å². The highest BCUT2D eigenvalue weighted by Gasteiger charge is 2.15. The van der Waals surface area contributed by atoms with E-state index in [1.807, 2.05) is 54.6 Å². The Bertz CT molecular complexity index is 1510. The van der Waals surface area contributed by atoms with E-state index in [-0.39, 0.29) is 16.4 Å². The summed E-state index contributed by atoms with van der Waals surface area (Å²) in [5.41, 5.74) is 10.0. The highest BCUT2D eigenvalue weighted by molar-refractivity contribution is 7.80. The fourth-order valence-electron chi connectivity index (χ4n) is 3.87. The Kier molecular flexibility index (Phi) is 8.71. The number of benzene rings is 4. The molecule has 0 aliphatic carbocycles. The number of carbonyl (C=O) groups excluding carboxylic acids is 3. The SMILES string of the molecule is CC(C)(C)c1ccc(C(=O)Nc2ccc(C(=O)NNC(=S)NC(=O)c3ccc(-c4ccccc4)cc3)cc2)cc1. The molecule has 0 aromatic heterocycles. The van der Waals surface area contributed by atoms with Gasteiger partial charge in [-0.15, -0.1) is 0 Å². The van der Waals surface area contributed by atoms with Crippen LogP contribution in [0.4, 0.5) is 5.69 Å². The first kappa shape index (κ1) is 28.2. The average molecular weight is 551 g/mol. The molecule has 0 aliphatic rings. The van der Waals surface area contributed by atoms with Crippen LogP contribution < -0.4 is 21.5 Å². The van der Waals surface area contributed by atoms with Gasteiger partial charge in [0, 0.05) is 22.4 Å². The molecular weight excluding hydrogens is 520 g/mol. The van der Waals surface area contributed by atoms with Gasteiger partial charge < -0.3 is 5.32 Å². The van der Waals surface area contributed by atoms with Gasteiger partial charge in [0.15, 0.2) is 5.11 Å². The Labute approximate surface area is 239 Å². The normalized spacial score (nSPS) is 10.8. The number of anilines is 1. The molecule has 4 N–H and O–H groups in total. The number of amides is 3. The maximum Gasteiger partial charge on any atom is 0.269 e. The van der Waals surface area contributed by atoms with Crippen LogP contribution in [0.25, 0.3) is 11.1 Å². The van der Waals surface area contributed by atoms with Crippen LogP contribution in [0, 0.1) is 0 Å². The highest BCUT2D eigenvalue weighted by atomic mass is 32.1. The Balaban J connectivity index is 1.25. The summed E-state index contributed by atoms with van der Waals surface area (Å²) in [5.74, 6) is -1.10. The summed E-state index contributed by atoms with van der Waals surface area (Å²) in [6, 6.07) is 30.9. The number of hydrogen-bond donors (Lipinski definition) is 4. The van der Waals surface area contributed by atoms with Crippen molar-refractivity contribution in [2.75, 3.05) is 5.32 Å². The minimum atomic E-state index is -0.459. The molecule has 0 saturated heterocycles. The first-order chi connectivity index (χ1) is 19.1. The van der Waals surface area contributed by atoms with Crippen molar-refractivity contribution in [2.45, 2.75) is 26.2 Å². The predicted octanol–water partition coefficient (Wildman–Crippen LogP) is 5.85. The van der Waals surface area contributed by atoms with E-state index in [4.69, 9.17) is 12.2 Å². The second kappa shape index (κ2) is 12.4. The fraction of sp³-hybridized carbons (Fsp3) is 0.125. The van der Waals surface area contributed by atoms with Gasteiger partial charge in [-0.25, -0.2) is 0 Å². The van der Waals surface area contributed by atoms with Crippen molar-refractivity contribution in [2.24, 2.45) is 0 Å². The largest absolute Gasteiger partial charge is 0.322 e. The lowest BCUT2D eigenvalue weighted by Gasteiger charge is -2.19. The number of hydrazine groups is 1. The van der Waals surface area contributed by atoms with E-state index in [1.165, 1.54) is 0 Å². The molecule has 4 aromatic rings. The Morgan fingerprint density at radius 2 is 1.07 bits per heavy atom. The molecule has 3 amide bonds. The molecule has 0 atom stereocenters. The zero-order chi connectivity index (χ0) is 28.7.